The van der Waals surface area contributed by atoms with Crippen molar-refractivity contribution in [3.63, 3.8) is 0 Å². The van der Waals surface area contributed by atoms with Gasteiger partial charge in [-0.3, -0.25) is 14.1 Å². The Kier molecular flexibility index (Phi) is 8.27. The van der Waals surface area contributed by atoms with E-state index in [1.165, 1.54) is 29.8 Å². The number of hydrogen-bond donors (Lipinski definition) is 3. The van der Waals surface area contributed by atoms with Crippen molar-refractivity contribution in [2.45, 2.75) is 42.0 Å². The third-order valence-corrected chi connectivity index (χ3v) is 6.42. The smallest absolute Gasteiger partial charge is 0.294 e. The first-order valence-corrected chi connectivity index (χ1v) is 12.5. The zero-order valence-electron chi connectivity index (χ0n) is 17.7. The molecule has 1 saturated carbocycles. The molecule has 0 amide bonds. The lowest BCUT2D eigenvalue weighted by molar-refractivity contribution is 0.481. The molecule has 172 valence electrons. The molecule has 0 radical (unpaired) electrons. The molecular weight excluding hydrogens is 452 g/mol. The molecule has 0 aliphatic heterocycles. The molecular formula is C22H26N2O6S2. The zero-order valence-corrected chi connectivity index (χ0v) is 19.3. The van der Waals surface area contributed by atoms with Crippen molar-refractivity contribution in [3.05, 3.63) is 89.7 Å². The average molecular weight is 479 g/mol. The van der Waals surface area contributed by atoms with E-state index < -0.39 is 20.2 Å². The fraction of sp³-hybridized carbons (Fsp3) is 0.227. The number of nitrogens with zero attached hydrogens (tertiary/aromatic N) is 1. The van der Waals surface area contributed by atoms with E-state index in [9.17, 15) is 16.8 Å². The lowest BCUT2D eigenvalue weighted by Gasteiger charge is -2.06. The lowest BCUT2D eigenvalue weighted by Crippen LogP contribution is -2.18. The number of benzene rings is 2. The van der Waals surface area contributed by atoms with E-state index in [1.807, 2.05) is 26.0 Å². The van der Waals surface area contributed by atoms with E-state index in [0.717, 1.165) is 24.0 Å². The second-order valence-electron chi connectivity index (χ2n) is 7.47. The molecule has 0 unspecified atom stereocenters. The van der Waals surface area contributed by atoms with Crippen molar-refractivity contribution in [3.8, 4) is 0 Å². The average Bonchev–Trinajstić information content (AvgIpc) is 3.48. The number of rotatable bonds is 3. The van der Waals surface area contributed by atoms with Gasteiger partial charge in [0.15, 0.2) is 0 Å². The summed E-state index contributed by atoms with van der Waals surface area (Å²) in [5.74, 6) is 0. The molecule has 1 aliphatic carbocycles. The molecule has 1 fully saturated rings. The summed E-state index contributed by atoms with van der Waals surface area (Å²) in [5.41, 5.74) is 9.08. The summed E-state index contributed by atoms with van der Waals surface area (Å²) in [6.07, 6.45) is 5.83. The lowest BCUT2D eigenvalue weighted by atomic mass is 10.1. The monoisotopic (exact) mass is 478 g/mol. The van der Waals surface area contributed by atoms with Crippen molar-refractivity contribution >= 4 is 20.2 Å². The molecule has 0 bridgehead atoms. The van der Waals surface area contributed by atoms with Gasteiger partial charge >= 0.3 is 0 Å². The standard InChI is InChI=1S/C8H10N2.2C7H8O3S/c9-8(3-4-8)7-1-5-10-6-2-7;2*1-6-2-4-7(5-3-6)11(8,9)10/h1-2,5-6H,3-4,9H2;2*2-5H,1H3,(H,8,9,10). The quantitative estimate of drug-likeness (QED) is 0.484. The van der Waals surface area contributed by atoms with Crippen LogP contribution in [0.2, 0.25) is 0 Å². The summed E-state index contributed by atoms with van der Waals surface area (Å²) in [6, 6.07) is 16.0. The Balaban J connectivity index is 0.000000170. The van der Waals surface area contributed by atoms with Gasteiger partial charge in [0, 0.05) is 17.9 Å². The van der Waals surface area contributed by atoms with Crippen molar-refractivity contribution in [2.75, 3.05) is 0 Å². The van der Waals surface area contributed by atoms with Gasteiger partial charge in [-0.25, -0.2) is 0 Å². The van der Waals surface area contributed by atoms with Crippen LogP contribution in [0.15, 0.2) is 82.8 Å². The molecule has 1 heterocycles. The Labute approximate surface area is 188 Å². The Morgan fingerprint density at radius 1 is 0.719 bits per heavy atom. The minimum Gasteiger partial charge on any atom is -0.321 e. The van der Waals surface area contributed by atoms with Crippen LogP contribution in [0.1, 0.15) is 29.5 Å². The molecule has 1 aromatic heterocycles. The van der Waals surface area contributed by atoms with Gasteiger partial charge in [0.25, 0.3) is 20.2 Å². The summed E-state index contributed by atoms with van der Waals surface area (Å²) in [5, 5.41) is 0. The van der Waals surface area contributed by atoms with E-state index in [4.69, 9.17) is 14.8 Å². The van der Waals surface area contributed by atoms with Gasteiger partial charge in [-0.2, -0.15) is 16.8 Å². The van der Waals surface area contributed by atoms with Crippen LogP contribution in [0.3, 0.4) is 0 Å². The molecule has 10 heteroatoms. The number of pyridine rings is 1. The topological polar surface area (TPSA) is 148 Å². The molecule has 0 atom stereocenters. The second kappa shape index (κ2) is 10.3. The van der Waals surface area contributed by atoms with Crippen LogP contribution in [0.25, 0.3) is 0 Å². The van der Waals surface area contributed by atoms with Crippen molar-refractivity contribution in [2.24, 2.45) is 5.73 Å². The first kappa shape index (κ1) is 25.6. The normalized spacial score (nSPS) is 14.3. The number of aromatic nitrogens is 1. The van der Waals surface area contributed by atoms with Crippen molar-refractivity contribution in [1.82, 2.24) is 4.98 Å². The van der Waals surface area contributed by atoms with Gasteiger partial charge in [-0.1, -0.05) is 35.4 Å². The fourth-order valence-electron chi connectivity index (χ4n) is 2.53. The molecule has 1 aliphatic rings. The minimum atomic E-state index is -4.02. The highest BCUT2D eigenvalue weighted by Crippen LogP contribution is 2.42. The van der Waals surface area contributed by atoms with E-state index in [1.54, 1.807) is 36.7 Å². The highest BCUT2D eigenvalue weighted by molar-refractivity contribution is 7.86. The largest absolute Gasteiger partial charge is 0.321 e. The van der Waals surface area contributed by atoms with Crippen LogP contribution in [0, 0.1) is 13.8 Å². The van der Waals surface area contributed by atoms with Crippen LogP contribution < -0.4 is 5.73 Å². The Morgan fingerprint density at radius 3 is 1.34 bits per heavy atom. The van der Waals surface area contributed by atoms with Crippen LogP contribution in [-0.2, 0) is 25.8 Å². The zero-order chi connectivity index (χ0) is 24.0. The van der Waals surface area contributed by atoms with Crippen molar-refractivity contribution in [1.29, 1.82) is 0 Å². The SMILES string of the molecule is Cc1ccc(S(=O)(=O)O)cc1.Cc1ccc(S(=O)(=O)O)cc1.NC1(c2ccncc2)CC1. The Bertz CT molecular complexity index is 1150. The van der Waals surface area contributed by atoms with Gasteiger partial charge < -0.3 is 5.73 Å². The van der Waals surface area contributed by atoms with Crippen LogP contribution in [0.5, 0.6) is 0 Å². The van der Waals surface area contributed by atoms with Crippen LogP contribution >= 0.6 is 0 Å². The van der Waals surface area contributed by atoms with Gasteiger partial charge in [0.1, 0.15) is 0 Å². The third-order valence-electron chi connectivity index (χ3n) is 4.68. The van der Waals surface area contributed by atoms with Gasteiger partial charge in [0.05, 0.1) is 9.79 Å². The molecule has 4 N–H and O–H groups in total. The number of nitrogens with two attached hydrogens (primary N) is 1. The second-order valence-corrected chi connectivity index (χ2v) is 10.3. The molecule has 0 spiro atoms. The van der Waals surface area contributed by atoms with E-state index >= 15 is 0 Å². The van der Waals surface area contributed by atoms with E-state index in [-0.39, 0.29) is 15.3 Å². The predicted molar refractivity (Wildman–Crippen MR) is 121 cm³/mol. The van der Waals surface area contributed by atoms with Gasteiger partial charge in [-0.05, 0) is 68.7 Å². The summed E-state index contributed by atoms with van der Waals surface area (Å²) in [6.45, 7) is 3.68. The summed E-state index contributed by atoms with van der Waals surface area (Å²) >= 11 is 0. The minimum absolute atomic E-state index is 0.00292. The third kappa shape index (κ3) is 8.13. The van der Waals surface area contributed by atoms with Crippen LogP contribution in [-0.4, -0.2) is 30.9 Å². The highest BCUT2D eigenvalue weighted by atomic mass is 32.2. The molecule has 3 aromatic rings. The molecule has 32 heavy (non-hydrogen) atoms. The summed E-state index contributed by atoms with van der Waals surface area (Å²) in [7, 11) is -8.04. The van der Waals surface area contributed by atoms with Crippen LogP contribution in [0.4, 0.5) is 0 Å². The molecule has 2 aromatic carbocycles. The number of hydrogen-bond acceptors (Lipinski definition) is 6. The fourth-order valence-corrected chi connectivity index (χ4v) is 3.49. The maximum Gasteiger partial charge on any atom is 0.294 e. The highest BCUT2D eigenvalue weighted by Gasteiger charge is 2.39. The molecule has 4 rings (SSSR count). The van der Waals surface area contributed by atoms with E-state index in [2.05, 4.69) is 4.98 Å². The molecule has 0 saturated heterocycles. The maximum atomic E-state index is 10.5. The predicted octanol–water partition coefficient (Wildman–Crippen LogP) is 3.51. The first-order valence-electron chi connectivity index (χ1n) is 9.59. The van der Waals surface area contributed by atoms with Gasteiger partial charge in [0.2, 0.25) is 0 Å². The number of aryl methyl sites for hydroxylation is 2. The van der Waals surface area contributed by atoms with E-state index in [0.29, 0.717) is 0 Å². The first-order chi connectivity index (χ1) is 14.8. The van der Waals surface area contributed by atoms with Crippen molar-refractivity contribution < 1.29 is 25.9 Å². The Morgan fingerprint density at radius 2 is 1.06 bits per heavy atom. The van der Waals surface area contributed by atoms with Gasteiger partial charge in [-0.15, -0.1) is 0 Å². The molecule has 8 nitrogen and oxygen atoms in total. The maximum absolute atomic E-state index is 10.5. The Hall–Kier alpha value is -2.63. The summed E-state index contributed by atoms with van der Waals surface area (Å²) in [4.78, 5) is 3.80. The summed E-state index contributed by atoms with van der Waals surface area (Å²) < 4.78 is 59.1.